The van der Waals surface area contributed by atoms with Gasteiger partial charge < -0.3 is 20.3 Å². The van der Waals surface area contributed by atoms with Crippen LogP contribution >= 0.6 is 0 Å². The summed E-state index contributed by atoms with van der Waals surface area (Å²) in [6, 6.07) is 10.3. The van der Waals surface area contributed by atoms with Crippen molar-refractivity contribution in [2.75, 3.05) is 26.2 Å². The van der Waals surface area contributed by atoms with Gasteiger partial charge in [-0.25, -0.2) is 22.4 Å². The molecule has 3 N–H and O–H groups in total. The van der Waals surface area contributed by atoms with Crippen molar-refractivity contribution in [3.05, 3.63) is 66.1 Å². The third-order valence-corrected chi connectivity index (χ3v) is 8.05. The zero-order chi connectivity index (χ0) is 24.5. The lowest BCUT2D eigenvalue weighted by Crippen LogP contribution is -2.56. The Hall–Kier alpha value is -3.44. The summed E-state index contributed by atoms with van der Waals surface area (Å²) < 4.78 is 39.9. The molecule has 34 heavy (non-hydrogen) atoms. The number of hydrogen-bond acceptors (Lipinski definition) is 4. The molecule has 2 aromatic carbocycles. The summed E-state index contributed by atoms with van der Waals surface area (Å²) in [7, 11) is -3.82. The quantitative estimate of drug-likeness (QED) is 0.492. The minimum atomic E-state index is -3.82. The second kappa shape index (κ2) is 9.43. The van der Waals surface area contributed by atoms with E-state index in [0.717, 1.165) is 28.6 Å². The summed E-state index contributed by atoms with van der Waals surface area (Å²) in [5, 5.41) is 13.3. The molecule has 1 saturated heterocycles. The number of nitrogens with zero attached hydrogens (tertiary/aromatic N) is 2. The minimum Gasteiger partial charge on any atom is -0.480 e. The number of nitrogens with one attached hydrogen (secondary N) is 2. The van der Waals surface area contributed by atoms with Crippen molar-refractivity contribution in [3.8, 4) is 0 Å². The number of rotatable bonds is 6. The Kier molecular flexibility index (Phi) is 6.58. The van der Waals surface area contributed by atoms with Crippen LogP contribution in [-0.2, 0) is 14.8 Å². The molecule has 2 amide bonds. The van der Waals surface area contributed by atoms with Crippen LogP contribution in [0, 0.1) is 5.82 Å². The average Bonchev–Trinajstić information content (AvgIpc) is 3.26. The summed E-state index contributed by atoms with van der Waals surface area (Å²) in [6.07, 6.45) is 1.75. The molecule has 9 nitrogen and oxygen atoms in total. The Labute approximate surface area is 196 Å². The number of amides is 2. The number of carboxylic acids is 1. The molecule has 4 rings (SSSR count). The van der Waals surface area contributed by atoms with Crippen molar-refractivity contribution in [1.82, 2.24) is 19.5 Å². The van der Waals surface area contributed by atoms with E-state index in [-0.39, 0.29) is 31.1 Å². The van der Waals surface area contributed by atoms with Gasteiger partial charge in [-0.05, 0) is 35.9 Å². The molecule has 0 saturated carbocycles. The first-order valence-corrected chi connectivity index (χ1v) is 12.2. The monoisotopic (exact) mass is 488 g/mol. The van der Waals surface area contributed by atoms with Gasteiger partial charge in [0.05, 0.1) is 4.90 Å². The molecule has 2 heterocycles. The topological polar surface area (TPSA) is 123 Å². The first kappa shape index (κ1) is 23.7. The summed E-state index contributed by atoms with van der Waals surface area (Å²) >= 11 is 0. The highest BCUT2D eigenvalue weighted by molar-refractivity contribution is 7.89. The van der Waals surface area contributed by atoms with Crippen molar-refractivity contribution in [2.45, 2.75) is 23.8 Å². The Morgan fingerprint density at radius 3 is 2.35 bits per heavy atom. The number of urea groups is 1. The number of carboxylic acid groups (broad SMARTS) is 1. The molecule has 0 radical (unpaired) electrons. The number of carbonyl (C=O) groups is 2. The van der Waals surface area contributed by atoms with E-state index in [2.05, 4.69) is 10.3 Å². The lowest BCUT2D eigenvalue weighted by atomic mass is 9.93. The number of sulfonamides is 1. The predicted molar refractivity (Wildman–Crippen MR) is 123 cm³/mol. The maximum Gasteiger partial charge on any atom is 0.326 e. The first-order chi connectivity index (χ1) is 16.2. The van der Waals surface area contributed by atoms with Crippen LogP contribution in [0.3, 0.4) is 0 Å². The third-order valence-electron chi connectivity index (χ3n) is 6.13. The number of halogens is 1. The van der Waals surface area contributed by atoms with Gasteiger partial charge in [0, 0.05) is 49.2 Å². The molecular weight excluding hydrogens is 463 g/mol. The lowest BCUT2D eigenvalue weighted by Gasteiger charge is -2.35. The number of benzene rings is 2. The molecule has 1 aliphatic heterocycles. The van der Waals surface area contributed by atoms with Gasteiger partial charge in [0.15, 0.2) is 0 Å². The van der Waals surface area contributed by atoms with Crippen molar-refractivity contribution >= 4 is 32.9 Å². The van der Waals surface area contributed by atoms with E-state index in [1.807, 2.05) is 24.3 Å². The lowest BCUT2D eigenvalue weighted by molar-refractivity contribution is -0.139. The van der Waals surface area contributed by atoms with Crippen LogP contribution in [0.4, 0.5) is 9.18 Å². The fraction of sp³-hybridized carbons (Fsp3) is 0.304. The molecule has 0 aliphatic carbocycles. The molecule has 1 aromatic heterocycles. The van der Waals surface area contributed by atoms with E-state index >= 15 is 0 Å². The summed E-state index contributed by atoms with van der Waals surface area (Å²) in [6.45, 7) is 2.02. The highest BCUT2D eigenvalue weighted by atomic mass is 32.2. The standard InChI is InChI=1S/C23H25FN4O5S/c1-15(19-14-25-20-5-3-2-4-18(19)20)21(22(29)30)26-23(31)27-10-12-28(13-11-27)34(32,33)17-8-6-16(24)7-9-17/h2-9,14-15,21,25H,10-13H2,1H3,(H,26,31)(H,29,30)/t15-,21+/m0/s1. The molecule has 0 bridgehead atoms. The van der Waals surface area contributed by atoms with E-state index in [9.17, 15) is 27.5 Å². The summed E-state index contributed by atoms with van der Waals surface area (Å²) in [4.78, 5) is 29.3. The zero-order valence-corrected chi connectivity index (χ0v) is 19.3. The van der Waals surface area contributed by atoms with Gasteiger partial charge in [0.2, 0.25) is 10.0 Å². The van der Waals surface area contributed by atoms with Crippen LogP contribution < -0.4 is 5.32 Å². The predicted octanol–water partition coefficient (Wildman–Crippen LogP) is 2.58. The largest absolute Gasteiger partial charge is 0.480 e. The van der Waals surface area contributed by atoms with Crippen molar-refractivity contribution in [1.29, 1.82) is 0 Å². The molecule has 11 heteroatoms. The van der Waals surface area contributed by atoms with Crippen molar-refractivity contribution in [2.24, 2.45) is 0 Å². The van der Waals surface area contributed by atoms with E-state index in [0.29, 0.717) is 0 Å². The van der Waals surface area contributed by atoms with E-state index in [1.54, 1.807) is 13.1 Å². The van der Waals surface area contributed by atoms with Crippen LogP contribution in [0.5, 0.6) is 0 Å². The molecule has 0 unspecified atom stereocenters. The van der Waals surface area contributed by atoms with Crippen LogP contribution in [0.15, 0.2) is 59.6 Å². The van der Waals surface area contributed by atoms with E-state index in [1.165, 1.54) is 21.3 Å². The molecule has 2 atom stereocenters. The molecular formula is C23H25FN4O5S. The van der Waals surface area contributed by atoms with Crippen molar-refractivity contribution < 1.29 is 27.5 Å². The number of carbonyl (C=O) groups excluding carboxylic acids is 1. The van der Waals surface area contributed by atoms with E-state index < -0.39 is 39.8 Å². The van der Waals surface area contributed by atoms with Gasteiger partial charge in [-0.15, -0.1) is 0 Å². The number of piperazine rings is 1. The SMILES string of the molecule is C[C@@H](c1c[nH]c2ccccc12)[C@@H](NC(=O)N1CCN(S(=O)(=O)c2ccc(F)cc2)CC1)C(=O)O. The first-order valence-electron chi connectivity index (χ1n) is 10.8. The highest BCUT2D eigenvalue weighted by Crippen LogP contribution is 2.28. The van der Waals surface area contributed by atoms with Crippen LogP contribution in [-0.4, -0.2) is 71.9 Å². The van der Waals surface area contributed by atoms with Crippen LogP contribution in [0.25, 0.3) is 10.9 Å². The molecule has 0 spiro atoms. The van der Waals surface area contributed by atoms with Crippen LogP contribution in [0.2, 0.25) is 0 Å². The number of fused-ring (bicyclic) bond motifs is 1. The fourth-order valence-corrected chi connectivity index (χ4v) is 5.58. The maximum absolute atomic E-state index is 13.1. The average molecular weight is 489 g/mol. The number of aromatic nitrogens is 1. The minimum absolute atomic E-state index is 0.0229. The number of para-hydroxylation sites is 1. The Bertz CT molecular complexity index is 1300. The van der Waals surface area contributed by atoms with Gasteiger partial charge in [-0.2, -0.15) is 4.31 Å². The maximum atomic E-state index is 13.1. The number of aromatic amines is 1. The Balaban J connectivity index is 1.42. The number of H-pyrrole nitrogens is 1. The molecule has 1 aliphatic rings. The molecule has 180 valence electrons. The van der Waals surface area contributed by atoms with Gasteiger partial charge >= 0.3 is 12.0 Å². The fourth-order valence-electron chi connectivity index (χ4n) is 4.16. The van der Waals surface area contributed by atoms with Gasteiger partial charge in [-0.1, -0.05) is 25.1 Å². The van der Waals surface area contributed by atoms with Crippen molar-refractivity contribution in [3.63, 3.8) is 0 Å². The second-order valence-corrected chi connectivity index (χ2v) is 10.1. The number of aliphatic carboxylic acids is 1. The van der Waals surface area contributed by atoms with Gasteiger partial charge in [0.1, 0.15) is 11.9 Å². The summed E-state index contributed by atoms with van der Waals surface area (Å²) in [5.74, 6) is -2.21. The smallest absolute Gasteiger partial charge is 0.326 e. The normalized spacial score (nSPS) is 16.8. The second-order valence-electron chi connectivity index (χ2n) is 8.19. The third kappa shape index (κ3) is 4.62. The Morgan fingerprint density at radius 2 is 1.71 bits per heavy atom. The highest BCUT2D eigenvalue weighted by Gasteiger charge is 2.34. The molecule has 3 aromatic rings. The van der Waals surface area contributed by atoms with Gasteiger partial charge in [-0.3, -0.25) is 0 Å². The van der Waals surface area contributed by atoms with Crippen LogP contribution in [0.1, 0.15) is 18.4 Å². The summed E-state index contributed by atoms with van der Waals surface area (Å²) in [5.41, 5.74) is 1.65. The number of hydrogen-bond donors (Lipinski definition) is 3. The van der Waals surface area contributed by atoms with Gasteiger partial charge in [0.25, 0.3) is 0 Å². The molecule has 1 fully saturated rings. The Morgan fingerprint density at radius 1 is 1.06 bits per heavy atom. The zero-order valence-electron chi connectivity index (χ0n) is 18.4. The van der Waals surface area contributed by atoms with E-state index in [4.69, 9.17) is 0 Å².